The molecular weight excluding hydrogens is 212 g/mol. The number of hydrogen-bond acceptors (Lipinski definition) is 4. The third-order valence-corrected chi connectivity index (χ3v) is 2.62. The molecule has 4 heteroatoms. The SMILES string of the molecule is CCC(Nc1cc(N)ncn1)c1ccccc1. The third kappa shape index (κ3) is 2.93. The molecule has 88 valence electrons. The molecule has 0 amide bonds. The van der Waals surface area contributed by atoms with Crippen LogP contribution in [0.25, 0.3) is 0 Å². The second kappa shape index (κ2) is 5.30. The third-order valence-electron chi connectivity index (χ3n) is 2.62. The highest BCUT2D eigenvalue weighted by molar-refractivity contribution is 5.45. The first-order valence-corrected chi connectivity index (χ1v) is 5.68. The van der Waals surface area contributed by atoms with E-state index in [1.54, 1.807) is 6.07 Å². The molecule has 0 spiro atoms. The molecule has 1 atom stereocenters. The lowest BCUT2D eigenvalue weighted by atomic mass is 10.0. The molecule has 0 radical (unpaired) electrons. The number of nitrogens with two attached hydrogens (primary N) is 1. The molecule has 0 aliphatic heterocycles. The fraction of sp³-hybridized carbons (Fsp3) is 0.231. The van der Waals surface area contributed by atoms with Crippen molar-refractivity contribution in [3.05, 3.63) is 48.3 Å². The van der Waals surface area contributed by atoms with Crippen LogP contribution in [0.5, 0.6) is 0 Å². The molecule has 0 saturated heterocycles. The Kier molecular flexibility index (Phi) is 3.55. The van der Waals surface area contributed by atoms with E-state index in [2.05, 4.69) is 34.3 Å². The van der Waals surface area contributed by atoms with Crippen molar-refractivity contribution in [2.24, 2.45) is 0 Å². The van der Waals surface area contributed by atoms with Crippen LogP contribution in [0.1, 0.15) is 24.9 Å². The van der Waals surface area contributed by atoms with E-state index in [9.17, 15) is 0 Å². The van der Waals surface area contributed by atoms with E-state index < -0.39 is 0 Å². The Morgan fingerprint density at radius 2 is 2.00 bits per heavy atom. The van der Waals surface area contributed by atoms with Gasteiger partial charge in [0.15, 0.2) is 0 Å². The first-order chi connectivity index (χ1) is 8.29. The zero-order valence-corrected chi connectivity index (χ0v) is 9.80. The summed E-state index contributed by atoms with van der Waals surface area (Å²) in [5, 5.41) is 3.35. The summed E-state index contributed by atoms with van der Waals surface area (Å²) in [6, 6.07) is 12.3. The number of rotatable bonds is 4. The lowest BCUT2D eigenvalue weighted by molar-refractivity contribution is 0.744. The lowest BCUT2D eigenvalue weighted by Crippen LogP contribution is -2.11. The van der Waals surface area contributed by atoms with Crippen LogP contribution >= 0.6 is 0 Å². The van der Waals surface area contributed by atoms with E-state index in [-0.39, 0.29) is 6.04 Å². The summed E-state index contributed by atoms with van der Waals surface area (Å²) in [5.41, 5.74) is 6.87. The number of hydrogen-bond donors (Lipinski definition) is 2. The van der Waals surface area contributed by atoms with Crippen molar-refractivity contribution in [3.8, 4) is 0 Å². The Morgan fingerprint density at radius 1 is 1.24 bits per heavy atom. The van der Waals surface area contributed by atoms with Crippen LogP contribution in [-0.2, 0) is 0 Å². The molecule has 3 N–H and O–H groups in total. The van der Waals surface area contributed by atoms with Crippen molar-refractivity contribution in [1.29, 1.82) is 0 Å². The van der Waals surface area contributed by atoms with Gasteiger partial charge in [-0.3, -0.25) is 0 Å². The van der Waals surface area contributed by atoms with Gasteiger partial charge in [-0.1, -0.05) is 37.3 Å². The van der Waals surface area contributed by atoms with E-state index in [1.165, 1.54) is 11.9 Å². The molecule has 0 aliphatic carbocycles. The van der Waals surface area contributed by atoms with E-state index in [0.29, 0.717) is 5.82 Å². The number of anilines is 2. The Labute approximate surface area is 101 Å². The quantitative estimate of drug-likeness (QED) is 0.844. The summed E-state index contributed by atoms with van der Waals surface area (Å²) in [7, 11) is 0. The molecule has 17 heavy (non-hydrogen) atoms. The molecule has 0 saturated carbocycles. The molecule has 2 aromatic rings. The molecule has 2 rings (SSSR count). The van der Waals surface area contributed by atoms with Crippen LogP contribution in [0.15, 0.2) is 42.7 Å². The van der Waals surface area contributed by atoms with Gasteiger partial charge in [0, 0.05) is 6.07 Å². The minimum Gasteiger partial charge on any atom is -0.384 e. The van der Waals surface area contributed by atoms with Crippen molar-refractivity contribution in [2.75, 3.05) is 11.1 Å². The molecule has 0 aliphatic rings. The van der Waals surface area contributed by atoms with Gasteiger partial charge >= 0.3 is 0 Å². The van der Waals surface area contributed by atoms with Gasteiger partial charge in [0.25, 0.3) is 0 Å². The molecule has 1 aromatic carbocycles. The minimum absolute atomic E-state index is 0.241. The van der Waals surface area contributed by atoms with Crippen molar-refractivity contribution in [3.63, 3.8) is 0 Å². The van der Waals surface area contributed by atoms with Crippen molar-refractivity contribution >= 4 is 11.6 Å². The normalized spacial score (nSPS) is 12.1. The zero-order valence-electron chi connectivity index (χ0n) is 9.80. The minimum atomic E-state index is 0.241. The van der Waals surface area contributed by atoms with Gasteiger partial charge in [-0.05, 0) is 12.0 Å². The summed E-state index contributed by atoms with van der Waals surface area (Å²) >= 11 is 0. The van der Waals surface area contributed by atoms with Crippen molar-refractivity contribution in [2.45, 2.75) is 19.4 Å². The molecule has 1 aromatic heterocycles. The fourth-order valence-corrected chi connectivity index (χ4v) is 1.74. The number of benzene rings is 1. The number of nitrogen functional groups attached to an aromatic ring is 1. The van der Waals surface area contributed by atoms with Gasteiger partial charge in [-0.25, -0.2) is 9.97 Å². The Balaban J connectivity index is 2.16. The average molecular weight is 228 g/mol. The van der Waals surface area contributed by atoms with Gasteiger partial charge in [0.05, 0.1) is 6.04 Å². The van der Waals surface area contributed by atoms with E-state index in [1.807, 2.05) is 18.2 Å². The number of nitrogens with zero attached hydrogens (tertiary/aromatic N) is 2. The molecule has 1 heterocycles. The lowest BCUT2D eigenvalue weighted by Gasteiger charge is -2.17. The molecule has 1 unspecified atom stereocenters. The second-order valence-corrected chi connectivity index (χ2v) is 3.84. The summed E-state index contributed by atoms with van der Waals surface area (Å²) < 4.78 is 0. The van der Waals surface area contributed by atoms with Gasteiger partial charge in [-0.2, -0.15) is 0 Å². The van der Waals surface area contributed by atoms with E-state index >= 15 is 0 Å². The summed E-state index contributed by atoms with van der Waals surface area (Å²) in [4.78, 5) is 8.02. The van der Waals surface area contributed by atoms with Crippen molar-refractivity contribution in [1.82, 2.24) is 9.97 Å². The van der Waals surface area contributed by atoms with Gasteiger partial charge < -0.3 is 11.1 Å². The maximum atomic E-state index is 5.62. The number of aromatic nitrogens is 2. The van der Waals surface area contributed by atoms with Gasteiger partial charge in [0.2, 0.25) is 0 Å². The summed E-state index contributed by atoms with van der Waals surface area (Å²) in [6.45, 7) is 2.13. The molecule has 4 nitrogen and oxygen atoms in total. The summed E-state index contributed by atoms with van der Waals surface area (Å²) in [5.74, 6) is 1.23. The zero-order chi connectivity index (χ0) is 12.1. The van der Waals surface area contributed by atoms with Crippen LogP contribution in [0.2, 0.25) is 0 Å². The molecule has 0 bridgehead atoms. The highest BCUT2D eigenvalue weighted by Crippen LogP contribution is 2.21. The van der Waals surface area contributed by atoms with Crippen LogP contribution < -0.4 is 11.1 Å². The first-order valence-electron chi connectivity index (χ1n) is 5.68. The maximum Gasteiger partial charge on any atom is 0.131 e. The van der Waals surface area contributed by atoms with Crippen molar-refractivity contribution < 1.29 is 0 Å². The summed E-state index contributed by atoms with van der Waals surface area (Å²) in [6.07, 6.45) is 2.45. The highest BCUT2D eigenvalue weighted by atomic mass is 15.0. The average Bonchev–Trinajstić information content (AvgIpc) is 2.37. The van der Waals surface area contributed by atoms with Gasteiger partial charge in [-0.15, -0.1) is 0 Å². The topological polar surface area (TPSA) is 63.8 Å². The number of nitrogens with one attached hydrogen (secondary N) is 1. The largest absolute Gasteiger partial charge is 0.384 e. The standard InChI is InChI=1S/C13H16N4/c1-2-11(10-6-4-3-5-7-10)17-13-8-12(14)15-9-16-13/h3-9,11H,2H2,1H3,(H3,14,15,16,17). The first kappa shape index (κ1) is 11.4. The fourth-order valence-electron chi connectivity index (χ4n) is 1.74. The van der Waals surface area contributed by atoms with Crippen LogP contribution in [0.4, 0.5) is 11.6 Å². The monoisotopic (exact) mass is 228 g/mol. The highest BCUT2D eigenvalue weighted by Gasteiger charge is 2.09. The van der Waals surface area contributed by atoms with Crippen LogP contribution in [0.3, 0.4) is 0 Å². The van der Waals surface area contributed by atoms with E-state index in [4.69, 9.17) is 5.73 Å². The predicted octanol–water partition coefficient (Wildman–Crippen LogP) is 2.62. The van der Waals surface area contributed by atoms with E-state index in [0.717, 1.165) is 12.2 Å². The Morgan fingerprint density at radius 3 is 2.65 bits per heavy atom. The van der Waals surface area contributed by atoms with Crippen LogP contribution in [-0.4, -0.2) is 9.97 Å². The smallest absolute Gasteiger partial charge is 0.131 e. The van der Waals surface area contributed by atoms with Crippen LogP contribution in [0, 0.1) is 0 Å². The Bertz CT molecular complexity index is 470. The second-order valence-electron chi connectivity index (χ2n) is 3.84. The Hall–Kier alpha value is -2.10. The predicted molar refractivity (Wildman–Crippen MR) is 69.5 cm³/mol. The molecular formula is C13H16N4. The van der Waals surface area contributed by atoms with Gasteiger partial charge in [0.1, 0.15) is 18.0 Å². The maximum absolute atomic E-state index is 5.62. The molecule has 0 fully saturated rings.